The number of hydrogen-bond acceptors (Lipinski definition) is 7. The van der Waals surface area contributed by atoms with E-state index in [2.05, 4.69) is 20.2 Å². The normalized spacial score (nSPS) is 16.2. The number of rotatable bonds is 8. The van der Waals surface area contributed by atoms with Crippen molar-refractivity contribution in [3.63, 3.8) is 0 Å². The summed E-state index contributed by atoms with van der Waals surface area (Å²) in [7, 11) is 3.25. The number of nitrogens with zero attached hydrogens (tertiary/aromatic N) is 3. The quantitative estimate of drug-likeness (QED) is 0.695. The number of anilines is 2. The summed E-state index contributed by atoms with van der Waals surface area (Å²) in [6, 6.07) is 5.70. The molecule has 1 aromatic heterocycles. The van der Waals surface area contributed by atoms with Crippen molar-refractivity contribution < 1.29 is 14.3 Å². The molecule has 8 nitrogen and oxygen atoms in total. The number of benzene rings is 1. The van der Waals surface area contributed by atoms with Gasteiger partial charge in [-0.25, -0.2) is 4.98 Å². The number of nitrogens with two attached hydrogens (primary N) is 1. The zero-order valence-electron chi connectivity index (χ0n) is 15.9. The van der Waals surface area contributed by atoms with Gasteiger partial charge in [-0.3, -0.25) is 4.79 Å². The number of ether oxygens (including phenoxy) is 2. The van der Waals surface area contributed by atoms with Crippen LogP contribution in [0.2, 0.25) is 5.02 Å². The van der Waals surface area contributed by atoms with E-state index >= 15 is 0 Å². The van der Waals surface area contributed by atoms with Crippen molar-refractivity contribution in [2.24, 2.45) is 5.73 Å². The maximum Gasteiger partial charge on any atom is 0.254 e. The molecule has 3 rings (SSSR count). The molecule has 1 fully saturated rings. The van der Waals surface area contributed by atoms with Crippen molar-refractivity contribution in [2.45, 2.75) is 25.4 Å². The average molecular weight is 406 g/mol. The van der Waals surface area contributed by atoms with E-state index in [0.29, 0.717) is 35.7 Å². The lowest BCUT2D eigenvalue weighted by Gasteiger charge is -2.24. The fraction of sp³-hybridized carbons (Fsp3) is 0.421. The summed E-state index contributed by atoms with van der Waals surface area (Å²) in [5, 5.41) is 3.69. The first-order valence-electron chi connectivity index (χ1n) is 9.02. The zero-order chi connectivity index (χ0) is 20.1. The van der Waals surface area contributed by atoms with Crippen LogP contribution in [0.3, 0.4) is 0 Å². The lowest BCUT2D eigenvalue weighted by molar-refractivity contribution is 0.100. The SMILES string of the molecule is COC[C@@H]1CCCN1c1ncc(C(N)=O)c(NCc2ccc(OC)c(Cl)c2)n1. The Labute approximate surface area is 169 Å². The van der Waals surface area contributed by atoms with Crippen molar-refractivity contribution in [2.75, 3.05) is 37.6 Å². The zero-order valence-corrected chi connectivity index (χ0v) is 16.7. The molecule has 3 N–H and O–H groups in total. The van der Waals surface area contributed by atoms with Gasteiger partial charge in [0.25, 0.3) is 5.91 Å². The molecule has 1 aliphatic rings. The molecule has 1 aromatic carbocycles. The number of aromatic nitrogens is 2. The Bertz CT molecular complexity index is 848. The summed E-state index contributed by atoms with van der Waals surface area (Å²) < 4.78 is 10.5. The third kappa shape index (κ3) is 4.45. The molecule has 2 aromatic rings. The van der Waals surface area contributed by atoms with E-state index in [9.17, 15) is 4.79 Å². The highest BCUT2D eigenvalue weighted by Crippen LogP contribution is 2.27. The summed E-state index contributed by atoms with van der Waals surface area (Å²) in [6.45, 7) is 1.87. The van der Waals surface area contributed by atoms with Crippen molar-refractivity contribution >= 4 is 29.3 Å². The number of amides is 1. The van der Waals surface area contributed by atoms with E-state index in [4.69, 9.17) is 26.8 Å². The van der Waals surface area contributed by atoms with Gasteiger partial charge < -0.3 is 25.4 Å². The van der Waals surface area contributed by atoms with Crippen molar-refractivity contribution in [1.82, 2.24) is 9.97 Å². The van der Waals surface area contributed by atoms with E-state index in [-0.39, 0.29) is 11.6 Å². The summed E-state index contributed by atoms with van der Waals surface area (Å²) in [4.78, 5) is 22.8. The molecular formula is C19H24ClN5O3. The summed E-state index contributed by atoms with van der Waals surface area (Å²) in [5.74, 6) is 0.967. The van der Waals surface area contributed by atoms with Gasteiger partial charge >= 0.3 is 0 Å². The van der Waals surface area contributed by atoms with Gasteiger partial charge in [-0.2, -0.15) is 4.98 Å². The third-order valence-corrected chi connectivity index (χ3v) is 5.01. The highest BCUT2D eigenvalue weighted by molar-refractivity contribution is 6.32. The number of halogens is 1. The first-order valence-corrected chi connectivity index (χ1v) is 9.40. The van der Waals surface area contributed by atoms with E-state index in [1.807, 2.05) is 6.07 Å². The van der Waals surface area contributed by atoms with E-state index in [1.165, 1.54) is 6.20 Å². The van der Waals surface area contributed by atoms with Crippen LogP contribution in [0.4, 0.5) is 11.8 Å². The number of hydrogen-bond donors (Lipinski definition) is 2. The van der Waals surface area contributed by atoms with Crippen molar-refractivity contribution in [3.05, 3.63) is 40.5 Å². The van der Waals surface area contributed by atoms with Crippen LogP contribution in [0.5, 0.6) is 5.75 Å². The first-order chi connectivity index (χ1) is 13.5. The van der Waals surface area contributed by atoms with Crippen LogP contribution in [-0.4, -0.2) is 49.3 Å². The average Bonchev–Trinajstić information content (AvgIpc) is 3.14. The molecule has 28 heavy (non-hydrogen) atoms. The summed E-state index contributed by atoms with van der Waals surface area (Å²) in [6.07, 6.45) is 3.53. The Morgan fingerprint density at radius 1 is 1.43 bits per heavy atom. The van der Waals surface area contributed by atoms with Crippen LogP contribution >= 0.6 is 11.6 Å². The molecule has 0 unspecified atom stereocenters. The van der Waals surface area contributed by atoms with E-state index < -0.39 is 5.91 Å². The molecule has 2 heterocycles. The molecule has 1 amide bonds. The second-order valence-electron chi connectivity index (χ2n) is 6.56. The van der Waals surface area contributed by atoms with Gasteiger partial charge in [-0.15, -0.1) is 0 Å². The van der Waals surface area contributed by atoms with Gasteiger partial charge in [0.15, 0.2) is 0 Å². The van der Waals surface area contributed by atoms with Crippen molar-refractivity contribution in [1.29, 1.82) is 0 Å². The van der Waals surface area contributed by atoms with Crippen molar-refractivity contribution in [3.8, 4) is 5.75 Å². The molecule has 0 spiro atoms. The number of carbonyl (C=O) groups excluding carboxylic acids is 1. The Morgan fingerprint density at radius 2 is 2.25 bits per heavy atom. The van der Waals surface area contributed by atoms with Gasteiger partial charge in [0, 0.05) is 26.4 Å². The number of carbonyl (C=O) groups is 1. The van der Waals surface area contributed by atoms with Gasteiger partial charge in [0.2, 0.25) is 5.95 Å². The van der Waals surface area contributed by atoms with Gasteiger partial charge in [-0.1, -0.05) is 17.7 Å². The first kappa shape index (κ1) is 20.2. The van der Waals surface area contributed by atoms with Crippen LogP contribution in [0.15, 0.2) is 24.4 Å². The maximum absolute atomic E-state index is 11.8. The topological polar surface area (TPSA) is 103 Å². The predicted octanol–water partition coefficient (Wildman–Crippen LogP) is 2.46. The minimum atomic E-state index is -0.586. The van der Waals surface area contributed by atoms with Crippen LogP contribution in [0, 0.1) is 0 Å². The Hall–Kier alpha value is -2.58. The molecule has 9 heteroatoms. The lowest BCUT2D eigenvalue weighted by atomic mass is 10.2. The fourth-order valence-corrected chi connectivity index (χ4v) is 3.58. The van der Waals surface area contributed by atoms with Crippen LogP contribution in [-0.2, 0) is 11.3 Å². The second-order valence-corrected chi connectivity index (χ2v) is 6.97. The Morgan fingerprint density at radius 3 is 2.93 bits per heavy atom. The highest BCUT2D eigenvalue weighted by atomic mass is 35.5. The molecule has 0 radical (unpaired) electrons. The minimum Gasteiger partial charge on any atom is -0.495 e. The van der Waals surface area contributed by atoms with Gasteiger partial charge in [-0.05, 0) is 30.5 Å². The van der Waals surface area contributed by atoms with E-state index in [1.54, 1.807) is 26.4 Å². The summed E-state index contributed by atoms with van der Waals surface area (Å²) in [5.41, 5.74) is 6.65. The largest absolute Gasteiger partial charge is 0.495 e. The highest BCUT2D eigenvalue weighted by Gasteiger charge is 2.27. The molecule has 1 aliphatic heterocycles. The van der Waals surface area contributed by atoms with Crippen LogP contribution in [0.25, 0.3) is 0 Å². The number of primary amides is 1. The molecular weight excluding hydrogens is 382 g/mol. The Kier molecular flexibility index (Phi) is 6.53. The monoisotopic (exact) mass is 405 g/mol. The molecule has 0 aliphatic carbocycles. The molecule has 1 atom stereocenters. The minimum absolute atomic E-state index is 0.220. The fourth-order valence-electron chi connectivity index (χ4n) is 3.30. The number of methoxy groups -OCH3 is 2. The van der Waals surface area contributed by atoms with E-state index in [0.717, 1.165) is 24.9 Å². The third-order valence-electron chi connectivity index (χ3n) is 4.71. The molecule has 0 saturated carbocycles. The number of nitrogens with one attached hydrogen (secondary N) is 1. The smallest absolute Gasteiger partial charge is 0.254 e. The summed E-state index contributed by atoms with van der Waals surface area (Å²) >= 11 is 6.18. The van der Waals surface area contributed by atoms with Gasteiger partial charge in [0.05, 0.1) is 30.3 Å². The lowest BCUT2D eigenvalue weighted by Crippen LogP contribution is -2.34. The van der Waals surface area contributed by atoms with Crippen LogP contribution in [0.1, 0.15) is 28.8 Å². The Balaban J connectivity index is 1.82. The molecule has 1 saturated heterocycles. The maximum atomic E-state index is 11.8. The van der Waals surface area contributed by atoms with Gasteiger partial charge in [0.1, 0.15) is 11.6 Å². The second kappa shape index (κ2) is 9.07. The predicted molar refractivity (Wildman–Crippen MR) is 108 cm³/mol. The molecule has 150 valence electrons. The standard InChI is InChI=1S/C19H24ClN5O3/c1-27-11-13-4-3-7-25(13)19-23-10-14(17(21)26)18(24-19)22-9-12-5-6-16(28-2)15(20)8-12/h5-6,8,10,13H,3-4,7,9,11H2,1-2H3,(H2,21,26)(H,22,23,24)/t13-/m0/s1. The molecule has 0 bridgehead atoms. The van der Waals surface area contributed by atoms with Crippen LogP contribution < -0.4 is 20.7 Å².